The molecule has 0 aromatic carbocycles. The summed E-state index contributed by atoms with van der Waals surface area (Å²) in [5, 5.41) is 0. The summed E-state index contributed by atoms with van der Waals surface area (Å²) in [6.07, 6.45) is 0. The second-order valence-corrected chi connectivity index (χ2v) is 7.77. The first kappa shape index (κ1) is 14.4. The molecule has 2 rings (SSSR count). The Morgan fingerprint density at radius 1 is 1.05 bits per heavy atom. The van der Waals surface area contributed by atoms with E-state index in [0.29, 0.717) is 5.92 Å². The Hall–Kier alpha value is -1.06. The number of hydrogen-bond acceptors (Lipinski definition) is 2. The standard InChI is InChI=1S/C15H17ClO2S/c1-9(2)12-6-5-10(3)15-13(8-12)11(4)7-14(15)19(16,17)18/h5-9H,1-4H3. The predicted molar refractivity (Wildman–Crippen MR) is 79.7 cm³/mol. The molecule has 0 atom stereocenters. The van der Waals surface area contributed by atoms with E-state index in [0.717, 1.165) is 22.3 Å². The zero-order valence-electron chi connectivity index (χ0n) is 11.5. The van der Waals surface area contributed by atoms with Crippen molar-refractivity contribution < 1.29 is 8.42 Å². The van der Waals surface area contributed by atoms with E-state index in [-0.39, 0.29) is 4.90 Å². The van der Waals surface area contributed by atoms with E-state index in [1.165, 1.54) is 5.56 Å². The van der Waals surface area contributed by atoms with Crippen molar-refractivity contribution in [3.8, 4) is 11.1 Å². The summed E-state index contributed by atoms with van der Waals surface area (Å²) in [5.41, 5.74) is 4.75. The largest absolute Gasteiger partial charge is 0.261 e. The molecule has 0 aromatic heterocycles. The van der Waals surface area contributed by atoms with Crippen LogP contribution in [0.2, 0.25) is 0 Å². The Morgan fingerprint density at radius 3 is 2.21 bits per heavy atom. The molecule has 102 valence electrons. The summed E-state index contributed by atoms with van der Waals surface area (Å²) in [6, 6.07) is 7.73. The van der Waals surface area contributed by atoms with Crippen molar-refractivity contribution in [1.29, 1.82) is 0 Å². The molecule has 2 aliphatic rings. The molecule has 0 unspecified atom stereocenters. The first-order chi connectivity index (χ1) is 8.71. The van der Waals surface area contributed by atoms with Gasteiger partial charge in [-0.25, -0.2) is 8.42 Å². The second kappa shape index (κ2) is 4.80. The zero-order valence-corrected chi connectivity index (χ0v) is 13.1. The Bertz CT molecular complexity index is 703. The van der Waals surface area contributed by atoms with Gasteiger partial charge in [0.15, 0.2) is 0 Å². The lowest BCUT2D eigenvalue weighted by Crippen LogP contribution is -1.90. The van der Waals surface area contributed by atoms with Gasteiger partial charge in [0.2, 0.25) is 0 Å². The summed E-state index contributed by atoms with van der Waals surface area (Å²) >= 11 is 0. The molecule has 2 aliphatic carbocycles. The molecule has 0 radical (unpaired) electrons. The number of halogens is 1. The lowest BCUT2D eigenvalue weighted by atomic mass is 10.0. The highest BCUT2D eigenvalue weighted by Gasteiger charge is 2.23. The van der Waals surface area contributed by atoms with Gasteiger partial charge < -0.3 is 0 Å². The molecule has 0 aliphatic heterocycles. The molecule has 0 saturated heterocycles. The maximum absolute atomic E-state index is 11.7. The van der Waals surface area contributed by atoms with E-state index >= 15 is 0 Å². The monoisotopic (exact) mass is 296 g/mol. The van der Waals surface area contributed by atoms with Gasteiger partial charge in [0.25, 0.3) is 9.05 Å². The molecule has 0 amide bonds. The predicted octanol–water partition coefficient (Wildman–Crippen LogP) is 4.46. The third-order valence-corrected chi connectivity index (χ3v) is 4.79. The van der Waals surface area contributed by atoms with Crippen LogP contribution in [0.1, 0.15) is 36.5 Å². The number of rotatable bonds is 2. The lowest BCUT2D eigenvalue weighted by Gasteiger charge is -2.04. The Balaban J connectivity index is 2.86. The molecule has 19 heavy (non-hydrogen) atoms. The van der Waals surface area contributed by atoms with Gasteiger partial charge in [-0.1, -0.05) is 32.0 Å². The fraction of sp³-hybridized carbons (Fsp3) is 0.333. The molecular formula is C15H17ClO2S. The van der Waals surface area contributed by atoms with E-state index in [1.54, 1.807) is 6.07 Å². The topological polar surface area (TPSA) is 34.1 Å². The second-order valence-electron chi connectivity index (χ2n) is 5.23. The third kappa shape index (κ3) is 2.63. The van der Waals surface area contributed by atoms with Gasteiger partial charge in [-0.3, -0.25) is 0 Å². The molecule has 0 N–H and O–H groups in total. The first-order valence-electron chi connectivity index (χ1n) is 6.20. The van der Waals surface area contributed by atoms with E-state index < -0.39 is 9.05 Å². The molecule has 0 spiro atoms. The average molecular weight is 297 g/mol. The van der Waals surface area contributed by atoms with E-state index in [2.05, 4.69) is 19.9 Å². The minimum atomic E-state index is -3.72. The Morgan fingerprint density at radius 2 is 1.68 bits per heavy atom. The normalized spacial score (nSPS) is 12.3. The molecule has 0 bridgehead atoms. The van der Waals surface area contributed by atoms with Crippen molar-refractivity contribution in [3.05, 3.63) is 41.0 Å². The van der Waals surface area contributed by atoms with Crippen molar-refractivity contribution in [1.82, 2.24) is 0 Å². The van der Waals surface area contributed by atoms with Crippen LogP contribution in [0.3, 0.4) is 0 Å². The summed E-state index contributed by atoms with van der Waals surface area (Å²) in [4.78, 5) is 0.213. The average Bonchev–Trinajstić information content (AvgIpc) is 2.50. The van der Waals surface area contributed by atoms with Gasteiger partial charge in [-0.15, -0.1) is 0 Å². The maximum atomic E-state index is 11.7. The van der Waals surface area contributed by atoms with Crippen molar-refractivity contribution in [3.63, 3.8) is 0 Å². The van der Waals surface area contributed by atoms with Gasteiger partial charge in [0, 0.05) is 16.2 Å². The fourth-order valence-electron chi connectivity index (χ4n) is 2.34. The van der Waals surface area contributed by atoms with Crippen molar-refractivity contribution in [2.75, 3.05) is 0 Å². The SMILES string of the molecule is Cc1cc(S(=O)(=O)Cl)c2c(C)ccc(C(C)C)cc1-2. The minimum absolute atomic E-state index is 0.213. The summed E-state index contributed by atoms with van der Waals surface area (Å²) in [5.74, 6) is 0.389. The zero-order chi connectivity index (χ0) is 14.4. The van der Waals surface area contributed by atoms with Gasteiger partial charge in [-0.2, -0.15) is 0 Å². The van der Waals surface area contributed by atoms with Crippen LogP contribution in [0.5, 0.6) is 0 Å². The molecule has 0 saturated carbocycles. The molecule has 4 heteroatoms. The fourth-order valence-corrected chi connectivity index (χ4v) is 3.54. The first-order valence-corrected chi connectivity index (χ1v) is 8.51. The van der Waals surface area contributed by atoms with E-state index in [1.807, 2.05) is 26.0 Å². The molecule has 0 aromatic rings. The smallest absolute Gasteiger partial charge is 0.207 e. The van der Waals surface area contributed by atoms with Crippen LogP contribution in [0.15, 0.2) is 29.2 Å². The third-order valence-electron chi connectivity index (χ3n) is 3.45. The Kier molecular flexibility index (Phi) is 3.63. The summed E-state index contributed by atoms with van der Waals surface area (Å²) in [6.45, 7) is 8.07. The van der Waals surface area contributed by atoms with E-state index in [4.69, 9.17) is 10.7 Å². The number of hydrogen-bond donors (Lipinski definition) is 0. The van der Waals surface area contributed by atoms with Gasteiger partial charge in [0.05, 0.1) is 4.90 Å². The van der Waals surface area contributed by atoms with Crippen LogP contribution < -0.4 is 0 Å². The van der Waals surface area contributed by atoms with E-state index in [9.17, 15) is 8.42 Å². The van der Waals surface area contributed by atoms with Crippen molar-refractivity contribution in [2.45, 2.75) is 38.5 Å². The molecule has 0 heterocycles. The van der Waals surface area contributed by atoms with Crippen LogP contribution in [0.25, 0.3) is 11.1 Å². The summed E-state index contributed by atoms with van der Waals surface area (Å²) < 4.78 is 23.4. The maximum Gasteiger partial charge on any atom is 0.261 e. The minimum Gasteiger partial charge on any atom is -0.207 e. The highest BCUT2D eigenvalue weighted by molar-refractivity contribution is 8.13. The van der Waals surface area contributed by atoms with Gasteiger partial charge >= 0.3 is 0 Å². The molecule has 0 fully saturated rings. The van der Waals surface area contributed by atoms with Gasteiger partial charge in [-0.05, 0) is 48.1 Å². The molecular weight excluding hydrogens is 280 g/mol. The van der Waals surface area contributed by atoms with Crippen LogP contribution in [0, 0.1) is 13.8 Å². The van der Waals surface area contributed by atoms with Crippen LogP contribution >= 0.6 is 10.7 Å². The highest BCUT2D eigenvalue weighted by Crippen LogP contribution is 2.39. The molecule has 2 nitrogen and oxygen atoms in total. The Labute approximate surface area is 119 Å². The lowest BCUT2D eigenvalue weighted by molar-refractivity contribution is 0.610. The van der Waals surface area contributed by atoms with Crippen molar-refractivity contribution in [2.24, 2.45) is 0 Å². The number of aryl methyl sites for hydroxylation is 2. The highest BCUT2D eigenvalue weighted by atomic mass is 35.7. The van der Waals surface area contributed by atoms with Crippen LogP contribution in [0.4, 0.5) is 0 Å². The quantitative estimate of drug-likeness (QED) is 0.767. The van der Waals surface area contributed by atoms with Gasteiger partial charge in [0.1, 0.15) is 0 Å². The van der Waals surface area contributed by atoms with Crippen molar-refractivity contribution >= 4 is 19.7 Å². The number of fused-ring (bicyclic) bond motifs is 1. The summed E-state index contributed by atoms with van der Waals surface area (Å²) in [7, 11) is 1.82. The van der Waals surface area contributed by atoms with Crippen LogP contribution in [-0.4, -0.2) is 8.42 Å². The van der Waals surface area contributed by atoms with Crippen LogP contribution in [-0.2, 0) is 9.05 Å².